The van der Waals surface area contributed by atoms with Crippen LogP contribution in [0.3, 0.4) is 0 Å². The molecule has 1 N–H and O–H groups in total. The van der Waals surface area contributed by atoms with Gasteiger partial charge in [-0.05, 0) is 55.0 Å². The number of amides is 2. The Bertz CT molecular complexity index is 1540. The molecule has 9 heteroatoms. The highest BCUT2D eigenvalue weighted by Crippen LogP contribution is 2.41. The van der Waals surface area contributed by atoms with Gasteiger partial charge < -0.3 is 5.32 Å². The first kappa shape index (κ1) is 24.3. The molecule has 0 bridgehead atoms. The number of anilines is 1. The second-order valence-electron chi connectivity index (χ2n) is 9.17. The van der Waals surface area contributed by atoms with E-state index in [2.05, 4.69) is 17.0 Å². The molecule has 1 unspecified atom stereocenters. The minimum absolute atomic E-state index is 0.00575. The van der Waals surface area contributed by atoms with Crippen LogP contribution >= 0.6 is 0 Å². The van der Waals surface area contributed by atoms with Crippen LogP contribution in [0, 0.1) is 12.7 Å². The van der Waals surface area contributed by atoms with Gasteiger partial charge in [0, 0.05) is 23.6 Å². The van der Waals surface area contributed by atoms with Gasteiger partial charge in [-0.3, -0.25) is 14.5 Å². The molecule has 37 heavy (non-hydrogen) atoms. The van der Waals surface area contributed by atoms with E-state index in [0.717, 1.165) is 11.1 Å². The molecule has 0 radical (unpaired) electrons. The number of rotatable bonds is 5. The van der Waals surface area contributed by atoms with Crippen molar-refractivity contribution in [1.82, 2.24) is 15.1 Å². The van der Waals surface area contributed by atoms with Gasteiger partial charge in [-0.2, -0.15) is 13.9 Å². The fourth-order valence-corrected chi connectivity index (χ4v) is 4.62. The lowest BCUT2D eigenvalue weighted by molar-refractivity contribution is -0.143. The molecule has 1 aliphatic rings. The molecule has 1 aliphatic heterocycles. The van der Waals surface area contributed by atoms with E-state index in [1.165, 1.54) is 17.0 Å². The maximum atomic E-state index is 13.8. The molecule has 2 amide bonds. The van der Waals surface area contributed by atoms with E-state index < -0.39 is 29.8 Å². The molecule has 1 saturated heterocycles. The molecule has 1 aromatic heterocycles. The third-order valence-electron chi connectivity index (χ3n) is 6.43. The molecule has 3 aromatic carbocycles. The predicted molar refractivity (Wildman–Crippen MR) is 134 cm³/mol. The third kappa shape index (κ3) is 4.37. The minimum Gasteiger partial charge on any atom is -0.341 e. The minimum atomic E-state index is -3.62. The van der Waals surface area contributed by atoms with E-state index >= 15 is 0 Å². The van der Waals surface area contributed by atoms with Crippen molar-refractivity contribution in [3.05, 3.63) is 102 Å². The number of hydrogen-bond donors (Lipinski definition) is 1. The van der Waals surface area contributed by atoms with Crippen LogP contribution in [-0.2, 0) is 9.59 Å². The molecular formula is C28H23F3N4O2. The maximum absolute atomic E-state index is 13.8. The van der Waals surface area contributed by atoms with Crippen LogP contribution in [0.2, 0.25) is 0 Å². The van der Waals surface area contributed by atoms with Crippen molar-refractivity contribution >= 4 is 28.4 Å². The SMILES string of the molecule is C=C1C(=O)N(c2ccc3c(cnn3-c3ccc(F)cc3)c2)C(c2cccc(C)c2)[C@H]1NC(=O)C(C)(F)F. The number of hydrogen-bond acceptors (Lipinski definition) is 3. The number of benzene rings is 3. The summed E-state index contributed by atoms with van der Waals surface area (Å²) in [6, 6.07) is 16.6. The van der Waals surface area contributed by atoms with E-state index in [1.54, 1.807) is 53.3 Å². The normalized spacial score (nSPS) is 18.0. The van der Waals surface area contributed by atoms with Gasteiger partial charge in [0.1, 0.15) is 5.82 Å². The molecule has 5 rings (SSSR count). The van der Waals surface area contributed by atoms with Crippen LogP contribution in [0.1, 0.15) is 24.1 Å². The van der Waals surface area contributed by atoms with Gasteiger partial charge in [0.05, 0.1) is 29.5 Å². The van der Waals surface area contributed by atoms with Crippen molar-refractivity contribution in [2.75, 3.05) is 4.90 Å². The molecule has 1 fully saturated rings. The van der Waals surface area contributed by atoms with Crippen molar-refractivity contribution in [3.63, 3.8) is 0 Å². The summed E-state index contributed by atoms with van der Waals surface area (Å²) in [6.07, 6.45) is 1.62. The topological polar surface area (TPSA) is 67.2 Å². The highest BCUT2D eigenvalue weighted by atomic mass is 19.3. The van der Waals surface area contributed by atoms with Gasteiger partial charge in [-0.1, -0.05) is 36.4 Å². The number of carbonyl (C=O) groups is 2. The number of nitrogens with zero attached hydrogens (tertiary/aromatic N) is 3. The summed E-state index contributed by atoms with van der Waals surface area (Å²) < 4.78 is 42.6. The molecule has 0 spiro atoms. The lowest BCUT2D eigenvalue weighted by Crippen LogP contribution is -2.46. The average Bonchev–Trinajstić information content (AvgIpc) is 3.38. The van der Waals surface area contributed by atoms with Gasteiger partial charge >= 0.3 is 5.92 Å². The second-order valence-corrected chi connectivity index (χ2v) is 9.17. The van der Waals surface area contributed by atoms with Crippen LogP contribution in [-0.4, -0.2) is 33.6 Å². The Kier molecular flexibility index (Phi) is 5.86. The molecule has 2 heterocycles. The fraction of sp³-hybridized carbons (Fsp3) is 0.179. The summed E-state index contributed by atoms with van der Waals surface area (Å²) in [5.74, 6) is -5.95. The van der Waals surface area contributed by atoms with Crippen LogP contribution < -0.4 is 10.2 Å². The zero-order chi connectivity index (χ0) is 26.5. The van der Waals surface area contributed by atoms with E-state index in [0.29, 0.717) is 29.2 Å². The lowest BCUT2D eigenvalue weighted by atomic mass is 9.96. The maximum Gasteiger partial charge on any atom is 0.321 e. The summed E-state index contributed by atoms with van der Waals surface area (Å²) >= 11 is 0. The Morgan fingerprint density at radius 2 is 1.76 bits per heavy atom. The van der Waals surface area contributed by atoms with Crippen LogP contribution in [0.25, 0.3) is 16.6 Å². The first-order chi connectivity index (χ1) is 17.5. The van der Waals surface area contributed by atoms with E-state index in [4.69, 9.17) is 0 Å². The van der Waals surface area contributed by atoms with Crippen LogP contribution in [0.5, 0.6) is 0 Å². The zero-order valence-electron chi connectivity index (χ0n) is 20.1. The molecule has 2 atom stereocenters. The number of halogens is 3. The Morgan fingerprint density at radius 1 is 1.05 bits per heavy atom. The number of fused-ring (bicyclic) bond motifs is 1. The number of aryl methyl sites for hydroxylation is 1. The Balaban J connectivity index is 1.59. The molecule has 0 saturated carbocycles. The van der Waals surface area contributed by atoms with E-state index in [1.807, 2.05) is 19.1 Å². The number of alkyl halides is 2. The smallest absolute Gasteiger partial charge is 0.321 e. The van der Waals surface area contributed by atoms with Gasteiger partial charge in [-0.15, -0.1) is 0 Å². The first-order valence-corrected chi connectivity index (χ1v) is 11.6. The number of aromatic nitrogens is 2. The highest BCUT2D eigenvalue weighted by molar-refractivity contribution is 6.11. The van der Waals surface area contributed by atoms with Crippen molar-refractivity contribution < 1.29 is 22.8 Å². The van der Waals surface area contributed by atoms with Gasteiger partial charge in [0.2, 0.25) is 0 Å². The summed E-state index contributed by atoms with van der Waals surface area (Å²) in [5.41, 5.74) is 3.46. The molecule has 0 aliphatic carbocycles. The van der Waals surface area contributed by atoms with Crippen molar-refractivity contribution in [2.45, 2.75) is 31.9 Å². The monoisotopic (exact) mass is 504 g/mol. The molecular weight excluding hydrogens is 481 g/mol. The molecule has 6 nitrogen and oxygen atoms in total. The quantitative estimate of drug-likeness (QED) is 0.377. The van der Waals surface area contributed by atoms with Crippen molar-refractivity contribution in [3.8, 4) is 5.69 Å². The summed E-state index contributed by atoms with van der Waals surface area (Å²) in [6.45, 7) is 6.23. The Hall–Kier alpha value is -4.40. The standard InChI is InChI=1S/C28H23F3N4O2/c1-16-5-4-6-18(13-16)25-24(33-27(37)28(3,30)31)17(2)26(36)34(25)22-11-12-23-19(14-22)15-32-35(23)21-9-7-20(29)8-10-21/h4-15,24-25H,2H2,1,3H3,(H,33,37)/t24-,25?/m0/s1. The average molecular weight is 505 g/mol. The summed E-state index contributed by atoms with van der Waals surface area (Å²) in [5, 5.41) is 7.44. The third-order valence-corrected chi connectivity index (χ3v) is 6.43. The van der Waals surface area contributed by atoms with E-state index in [-0.39, 0.29) is 11.4 Å². The van der Waals surface area contributed by atoms with Gasteiger partial charge in [-0.25, -0.2) is 9.07 Å². The number of nitrogens with one attached hydrogen (secondary N) is 1. The van der Waals surface area contributed by atoms with Crippen LogP contribution in [0.15, 0.2) is 85.1 Å². The predicted octanol–water partition coefficient (Wildman–Crippen LogP) is 5.26. The Labute approximate surface area is 211 Å². The fourth-order valence-electron chi connectivity index (χ4n) is 4.62. The largest absolute Gasteiger partial charge is 0.341 e. The molecule has 4 aromatic rings. The van der Waals surface area contributed by atoms with Crippen LogP contribution in [0.4, 0.5) is 18.9 Å². The summed E-state index contributed by atoms with van der Waals surface area (Å²) in [7, 11) is 0. The van der Waals surface area contributed by atoms with Crippen molar-refractivity contribution in [2.24, 2.45) is 0 Å². The number of carbonyl (C=O) groups excluding carboxylic acids is 2. The second kappa shape index (κ2) is 8.92. The van der Waals surface area contributed by atoms with E-state index in [9.17, 15) is 22.8 Å². The Morgan fingerprint density at radius 3 is 2.43 bits per heavy atom. The first-order valence-electron chi connectivity index (χ1n) is 11.6. The lowest BCUT2D eigenvalue weighted by Gasteiger charge is -2.29. The van der Waals surface area contributed by atoms with Gasteiger partial charge in [0.25, 0.3) is 11.8 Å². The highest BCUT2D eigenvalue weighted by Gasteiger charge is 2.47. The zero-order valence-corrected chi connectivity index (χ0v) is 20.1. The van der Waals surface area contributed by atoms with Crippen molar-refractivity contribution in [1.29, 1.82) is 0 Å². The summed E-state index contributed by atoms with van der Waals surface area (Å²) in [4.78, 5) is 27.1. The molecule has 188 valence electrons. The van der Waals surface area contributed by atoms with Gasteiger partial charge in [0.15, 0.2) is 0 Å².